The summed E-state index contributed by atoms with van der Waals surface area (Å²) in [5.41, 5.74) is 1.66. The van der Waals surface area contributed by atoms with Crippen molar-refractivity contribution in [1.82, 2.24) is 5.32 Å². The molecule has 0 heterocycles. The fraction of sp³-hybridized carbons (Fsp3) is 0.364. The Morgan fingerprint density at radius 3 is 2.81 bits per heavy atom. The summed E-state index contributed by atoms with van der Waals surface area (Å²) < 4.78 is 0.833. The number of hydrogen-bond donors (Lipinski definition) is 2. The Balaban J connectivity index is 2.73. The van der Waals surface area contributed by atoms with Gasteiger partial charge in [-0.2, -0.15) is 0 Å². The molecule has 0 unspecified atom stereocenters. The zero-order valence-electron chi connectivity index (χ0n) is 9.23. The van der Waals surface area contributed by atoms with Gasteiger partial charge in [0.2, 0.25) is 5.91 Å². The van der Waals surface area contributed by atoms with E-state index in [1.807, 2.05) is 19.9 Å². The molecule has 3 nitrogen and oxygen atoms in total. The number of aryl methyl sites for hydroxylation is 1. The lowest BCUT2D eigenvalue weighted by Crippen LogP contribution is -2.27. The van der Waals surface area contributed by atoms with Crippen LogP contribution in [0.2, 0.25) is 5.02 Å². The molecule has 1 amide bonds. The van der Waals surface area contributed by atoms with Crippen LogP contribution in [0.15, 0.2) is 16.6 Å². The molecule has 0 fully saturated rings. The lowest BCUT2D eigenvalue weighted by atomic mass is 10.2. The molecule has 0 spiro atoms. The summed E-state index contributed by atoms with van der Waals surface area (Å²) in [5, 5.41) is 6.37. The molecule has 1 aromatic carbocycles. The van der Waals surface area contributed by atoms with E-state index in [1.54, 1.807) is 6.07 Å². The highest BCUT2D eigenvalue weighted by molar-refractivity contribution is 9.10. The molecule has 1 aromatic rings. The highest BCUT2D eigenvalue weighted by Gasteiger charge is 2.07. The van der Waals surface area contributed by atoms with Crippen molar-refractivity contribution in [3.63, 3.8) is 0 Å². The lowest BCUT2D eigenvalue weighted by Gasteiger charge is -2.09. The molecule has 0 aliphatic rings. The Hall–Kier alpha value is -0.580. The quantitative estimate of drug-likeness (QED) is 0.898. The summed E-state index contributed by atoms with van der Waals surface area (Å²) >= 11 is 9.37. The molecule has 0 atom stereocenters. The number of likely N-dealkylation sites (N-methyl/N-ethyl adjacent to an activating group) is 1. The molecule has 0 aliphatic heterocycles. The number of nitrogens with one attached hydrogen (secondary N) is 2. The predicted molar refractivity (Wildman–Crippen MR) is 71.1 cm³/mol. The SMILES string of the molecule is CCNCC(=O)Nc1cc(Cl)c(C)cc1Br. The number of benzene rings is 1. The van der Waals surface area contributed by atoms with Crippen LogP contribution < -0.4 is 10.6 Å². The Labute approximate surface area is 109 Å². The van der Waals surface area contributed by atoms with Gasteiger partial charge in [-0.15, -0.1) is 0 Å². The van der Waals surface area contributed by atoms with Crippen molar-refractivity contribution in [2.24, 2.45) is 0 Å². The minimum atomic E-state index is -0.0810. The smallest absolute Gasteiger partial charge is 0.238 e. The first-order valence-electron chi connectivity index (χ1n) is 5.00. The summed E-state index contributed by atoms with van der Waals surface area (Å²) in [7, 11) is 0. The lowest BCUT2D eigenvalue weighted by molar-refractivity contribution is -0.115. The molecule has 0 radical (unpaired) electrons. The Morgan fingerprint density at radius 1 is 1.50 bits per heavy atom. The van der Waals surface area contributed by atoms with Gasteiger partial charge in [0.1, 0.15) is 0 Å². The number of carbonyl (C=O) groups is 1. The van der Waals surface area contributed by atoms with E-state index < -0.39 is 0 Å². The van der Waals surface area contributed by atoms with Crippen LogP contribution in [0.3, 0.4) is 0 Å². The number of amides is 1. The topological polar surface area (TPSA) is 41.1 Å². The van der Waals surface area contributed by atoms with Crippen LogP contribution >= 0.6 is 27.5 Å². The van der Waals surface area contributed by atoms with Crippen LogP contribution in [0.4, 0.5) is 5.69 Å². The molecular formula is C11H14BrClN2O. The second-order valence-electron chi connectivity index (χ2n) is 3.41. The van der Waals surface area contributed by atoms with Gasteiger partial charge < -0.3 is 10.6 Å². The van der Waals surface area contributed by atoms with Crippen LogP contribution in [0.5, 0.6) is 0 Å². The normalized spacial score (nSPS) is 10.2. The van der Waals surface area contributed by atoms with Crippen LogP contribution in [-0.2, 0) is 4.79 Å². The third kappa shape index (κ3) is 3.77. The number of rotatable bonds is 4. The van der Waals surface area contributed by atoms with Gasteiger partial charge in [0, 0.05) is 9.50 Å². The predicted octanol–water partition coefficient (Wildman–Crippen LogP) is 2.96. The minimum Gasteiger partial charge on any atom is -0.324 e. The minimum absolute atomic E-state index is 0.0810. The van der Waals surface area contributed by atoms with Crippen LogP contribution in [0.25, 0.3) is 0 Å². The Kier molecular flexibility index (Phi) is 5.25. The molecule has 0 saturated heterocycles. The van der Waals surface area contributed by atoms with Gasteiger partial charge in [0.05, 0.1) is 12.2 Å². The maximum atomic E-state index is 11.5. The van der Waals surface area contributed by atoms with Crippen LogP contribution in [0.1, 0.15) is 12.5 Å². The second kappa shape index (κ2) is 6.23. The van der Waals surface area contributed by atoms with E-state index in [1.165, 1.54) is 0 Å². The molecule has 0 saturated carbocycles. The van der Waals surface area contributed by atoms with Crippen LogP contribution in [-0.4, -0.2) is 19.0 Å². The van der Waals surface area contributed by atoms with Crippen molar-refractivity contribution >= 4 is 39.1 Å². The molecule has 0 bridgehead atoms. The first-order valence-corrected chi connectivity index (χ1v) is 6.18. The van der Waals surface area contributed by atoms with E-state index in [2.05, 4.69) is 26.6 Å². The fourth-order valence-corrected chi connectivity index (χ4v) is 1.90. The largest absolute Gasteiger partial charge is 0.324 e. The maximum Gasteiger partial charge on any atom is 0.238 e. The highest BCUT2D eigenvalue weighted by Crippen LogP contribution is 2.28. The number of anilines is 1. The van der Waals surface area contributed by atoms with Gasteiger partial charge in [-0.1, -0.05) is 18.5 Å². The summed E-state index contributed by atoms with van der Waals surface area (Å²) in [6.07, 6.45) is 0. The van der Waals surface area contributed by atoms with Gasteiger partial charge in [0.15, 0.2) is 0 Å². The molecule has 0 aromatic heterocycles. The first kappa shape index (κ1) is 13.5. The zero-order chi connectivity index (χ0) is 12.1. The van der Waals surface area contributed by atoms with E-state index >= 15 is 0 Å². The molecule has 88 valence electrons. The van der Waals surface area contributed by atoms with E-state index in [-0.39, 0.29) is 5.91 Å². The fourth-order valence-electron chi connectivity index (χ4n) is 1.18. The molecule has 16 heavy (non-hydrogen) atoms. The van der Waals surface area contributed by atoms with Crippen molar-refractivity contribution in [3.8, 4) is 0 Å². The third-order valence-corrected chi connectivity index (χ3v) is 3.12. The zero-order valence-corrected chi connectivity index (χ0v) is 11.6. The third-order valence-electron chi connectivity index (χ3n) is 2.06. The summed E-state index contributed by atoms with van der Waals surface area (Å²) in [6, 6.07) is 3.62. The average molecular weight is 306 g/mol. The van der Waals surface area contributed by atoms with Crippen molar-refractivity contribution in [1.29, 1.82) is 0 Å². The van der Waals surface area contributed by atoms with Gasteiger partial charge in [-0.25, -0.2) is 0 Å². The van der Waals surface area contributed by atoms with E-state index in [9.17, 15) is 4.79 Å². The van der Waals surface area contributed by atoms with E-state index in [0.29, 0.717) is 17.3 Å². The standard InChI is InChI=1S/C11H14BrClN2O/c1-3-14-6-11(16)15-10-5-9(13)7(2)4-8(10)12/h4-5,14H,3,6H2,1-2H3,(H,15,16). The van der Waals surface area contributed by atoms with Crippen LogP contribution in [0, 0.1) is 6.92 Å². The van der Waals surface area contributed by atoms with Crippen molar-refractivity contribution in [2.45, 2.75) is 13.8 Å². The summed E-state index contributed by atoms with van der Waals surface area (Å²) in [5.74, 6) is -0.0810. The Morgan fingerprint density at radius 2 is 2.19 bits per heavy atom. The second-order valence-corrected chi connectivity index (χ2v) is 4.67. The number of carbonyl (C=O) groups excluding carboxylic acids is 1. The number of hydrogen-bond acceptors (Lipinski definition) is 2. The molecule has 0 aliphatic carbocycles. The first-order chi connectivity index (χ1) is 7.54. The van der Waals surface area contributed by atoms with Crippen molar-refractivity contribution in [3.05, 3.63) is 27.2 Å². The van der Waals surface area contributed by atoms with Crippen molar-refractivity contribution in [2.75, 3.05) is 18.4 Å². The van der Waals surface area contributed by atoms with E-state index in [4.69, 9.17) is 11.6 Å². The van der Waals surface area contributed by atoms with Crippen molar-refractivity contribution < 1.29 is 4.79 Å². The number of halogens is 2. The summed E-state index contributed by atoms with van der Waals surface area (Å²) in [4.78, 5) is 11.5. The van der Waals surface area contributed by atoms with E-state index in [0.717, 1.165) is 16.6 Å². The summed E-state index contributed by atoms with van der Waals surface area (Å²) in [6.45, 7) is 4.93. The highest BCUT2D eigenvalue weighted by atomic mass is 79.9. The Bertz CT molecular complexity index is 396. The molecular weight excluding hydrogens is 291 g/mol. The van der Waals surface area contributed by atoms with Gasteiger partial charge in [-0.05, 0) is 47.1 Å². The molecule has 1 rings (SSSR count). The molecule has 2 N–H and O–H groups in total. The van der Waals surface area contributed by atoms with Gasteiger partial charge in [-0.3, -0.25) is 4.79 Å². The maximum absolute atomic E-state index is 11.5. The van der Waals surface area contributed by atoms with Gasteiger partial charge in [0.25, 0.3) is 0 Å². The average Bonchev–Trinajstić information content (AvgIpc) is 2.23. The molecule has 5 heteroatoms. The monoisotopic (exact) mass is 304 g/mol. The van der Waals surface area contributed by atoms with Gasteiger partial charge >= 0.3 is 0 Å².